The molecule has 0 radical (unpaired) electrons. The molecule has 2 N–H and O–H groups in total. The van der Waals surface area contributed by atoms with Crippen LogP contribution >= 0.6 is 28.1 Å². The lowest BCUT2D eigenvalue weighted by molar-refractivity contribution is 0.409. The zero-order valence-electron chi connectivity index (χ0n) is 14.8. The molecular formula is C18H29BrN2S. The lowest BCUT2D eigenvalue weighted by atomic mass is 9.92. The van der Waals surface area contributed by atoms with Gasteiger partial charge in [-0.15, -0.1) is 0 Å². The minimum atomic E-state index is 0.202. The highest BCUT2D eigenvalue weighted by atomic mass is 79.9. The molecule has 0 atom stereocenters. The Morgan fingerprint density at radius 2 is 1.55 bits per heavy atom. The van der Waals surface area contributed by atoms with Crippen LogP contribution < -0.4 is 10.6 Å². The Hall–Kier alpha value is -0.610. The van der Waals surface area contributed by atoms with Gasteiger partial charge in [-0.25, -0.2) is 0 Å². The van der Waals surface area contributed by atoms with E-state index in [9.17, 15) is 0 Å². The van der Waals surface area contributed by atoms with E-state index in [4.69, 9.17) is 12.2 Å². The fraction of sp³-hybridized carbons (Fsp3) is 0.611. The van der Waals surface area contributed by atoms with Crippen molar-refractivity contribution in [2.45, 2.75) is 60.3 Å². The van der Waals surface area contributed by atoms with E-state index in [1.165, 1.54) is 11.1 Å². The molecule has 0 bridgehead atoms. The second-order valence-electron chi connectivity index (χ2n) is 7.64. The fourth-order valence-corrected chi connectivity index (χ4v) is 2.88. The van der Waals surface area contributed by atoms with Gasteiger partial charge in [0.15, 0.2) is 5.11 Å². The van der Waals surface area contributed by atoms with Crippen LogP contribution in [0.15, 0.2) is 16.6 Å². The summed E-state index contributed by atoms with van der Waals surface area (Å²) in [5.74, 6) is 0.867. The largest absolute Gasteiger partial charge is 0.362 e. The molecule has 1 aromatic carbocycles. The number of halogens is 1. The van der Waals surface area contributed by atoms with Gasteiger partial charge < -0.3 is 10.6 Å². The van der Waals surface area contributed by atoms with Gasteiger partial charge in [0.25, 0.3) is 0 Å². The lowest BCUT2D eigenvalue weighted by Crippen LogP contribution is -2.35. The van der Waals surface area contributed by atoms with Crippen molar-refractivity contribution in [3.05, 3.63) is 27.7 Å². The standard InChI is InChI=1S/C18H29BrN2S/c1-11(2)14-8-13(19)9-15(12(3)4)16(14)21-17(22)20-10-18(5,6)7/h8-9,11-12H,10H2,1-7H3,(H2,20,21,22). The monoisotopic (exact) mass is 384 g/mol. The van der Waals surface area contributed by atoms with Crippen LogP contribution in [0.4, 0.5) is 5.69 Å². The maximum absolute atomic E-state index is 5.50. The molecule has 2 nitrogen and oxygen atoms in total. The molecule has 0 amide bonds. The van der Waals surface area contributed by atoms with Gasteiger partial charge in [-0.3, -0.25) is 0 Å². The van der Waals surface area contributed by atoms with Crippen LogP contribution in [0.1, 0.15) is 71.4 Å². The van der Waals surface area contributed by atoms with Gasteiger partial charge in [-0.2, -0.15) is 0 Å². The number of rotatable bonds is 4. The molecule has 1 aromatic rings. The molecule has 1 rings (SSSR count). The molecule has 0 saturated carbocycles. The maximum atomic E-state index is 5.50. The SMILES string of the molecule is CC(C)c1cc(Br)cc(C(C)C)c1NC(=S)NCC(C)(C)C. The van der Waals surface area contributed by atoms with Crippen molar-refractivity contribution in [2.24, 2.45) is 5.41 Å². The summed E-state index contributed by atoms with van der Waals surface area (Å²) in [6, 6.07) is 4.37. The van der Waals surface area contributed by atoms with E-state index in [-0.39, 0.29) is 5.41 Å². The normalized spacial score (nSPS) is 11.9. The summed E-state index contributed by atoms with van der Waals surface area (Å²) < 4.78 is 1.12. The number of hydrogen-bond donors (Lipinski definition) is 2. The molecular weight excluding hydrogens is 356 g/mol. The summed E-state index contributed by atoms with van der Waals surface area (Å²) in [4.78, 5) is 0. The van der Waals surface area contributed by atoms with Gasteiger partial charge >= 0.3 is 0 Å². The molecule has 0 saturated heterocycles. The number of hydrogen-bond acceptors (Lipinski definition) is 1. The maximum Gasteiger partial charge on any atom is 0.170 e. The number of thiocarbonyl (C=S) groups is 1. The van der Waals surface area contributed by atoms with Gasteiger partial charge in [0, 0.05) is 16.7 Å². The van der Waals surface area contributed by atoms with E-state index in [1.54, 1.807) is 0 Å². The summed E-state index contributed by atoms with van der Waals surface area (Å²) in [5.41, 5.74) is 3.93. The van der Waals surface area contributed by atoms with E-state index in [2.05, 4.69) is 87.2 Å². The van der Waals surface area contributed by atoms with Crippen LogP contribution in [-0.2, 0) is 0 Å². The summed E-state index contributed by atoms with van der Waals surface area (Å²) >= 11 is 9.13. The summed E-state index contributed by atoms with van der Waals surface area (Å²) in [5, 5.41) is 7.46. The van der Waals surface area contributed by atoms with Crippen LogP contribution in [0.5, 0.6) is 0 Å². The molecule has 0 spiro atoms. The Labute approximate surface area is 149 Å². The van der Waals surface area contributed by atoms with Crippen molar-refractivity contribution in [1.82, 2.24) is 5.32 Å². The first-order valence-corrected chi connectivity index (χ1v) is 9.09. The molecule has 0 aliphatic carbocycles. The molecule has 0 aliphatic heterocycles. The van der Waals surface area contributed by atoms with Gasteiger partial charge in [-0.05, 0) is 52.7 Å². The molecule has 22 heavy (non-hydrogen) atoms. The van der Waals surface area contributed by atoms with Gasteiger partial charge in [0.1, 0.15) is 0 Å². The third kappa shape index (κ3) is 5.88. The zero-order valence-corrected chi connectivity index (χ0v) is 17.2. The Kier molecular flexibility index (Phi) is 6.87. The highest BCUT2D eigenvalue weighted by Gasteiger charge is 2.17. The van der Waals surface area contributed by atoms with Crippen molar-refractivity contribution in [3.63, 3.8) is 0 Å². The van der Waals surface area contributed by atoms with Crippen LogP contribution in [0, 0.1) is 5.41 Å². The topological polar surface area (TPSA) is 24.1 Å². The van der Waals surface area contributed by atoms with Crippen molar-refractivity contribution in [2.75, 3.05) is 11.9 Å². The van der Waals surface area contributed by atoms with Crippen molar-refractivity contribution in [3.8, 4) is 0 Å². The minimum absolute atomic E-state index is 0.202. The fourth-order valence-electron chi connectivity index (χ4n) is 2.21. The smallest absolute Gasteiger partial charge is 0.170 e. The Balaban J connectivity index is 3.08. The van der Waals surface area contributed by atoms with Crippen molar-refractivity contribution < 1.29 is 0 Å². The molecule has 0 fully saturated rings. The van der Waals surface area contributed by atoms with Crippen LogP contribution in [0.25, 0.3) is 0 Å². The quantitative estimate of drug-likeness (QED) is 0.619. The number of nitrogens with one attached hydrogen (secondary N) is 2. The molecule has 0 unspecified atom stereocenters. The van der Waals surface area contributed by atoms with Crippen LogP contribution in [0.3, 0.4) is 0 Å². The first-order valence-electron chi connectivity index (χ1n) is 7.89. The van der Waals surface area contributed by atoms with E-state index in [0.29, 0.717) is 16.9 Å². The molecule has 0 aliphatic rings. The van der Waals surface area contributed by atoms with E-state index < -0.39 is 0 Å². The average molecular weight is 385 g/mol. The second-order valence-corrected chi connectivity index (χ2v) is 8.96. The third-order valence-corrected chi connectivity index (χ3v) is 4.13. The molecule has 0 aromatic heterocycles. The first kappa shape index (κ1) is 19.4. The van der Waals surface area contributed by atoms with Gasteiger partial charge in [0.2, 0.25) is 0 Å². The summed E-state index contributed by atoms with van der Waals surface area (Å²) in [6.07, 6.45) is 0. The Bertz CT molecular complexity index is 501. The zero-order chi connectivity index (χ0) is 17.1. The van der Waals surface area contributed by atoms with Crippen molar-refractivity contribution >= 4 is 38.9 Å². The second kappa shape index (κ2) is 7.78. The Morgan fingerprint density at radius 3 is 1.91 bits per heavy atom. The van der Waals surface area contributed by atoms with Crippen LogP contribution in [-0.4, -0.2) is 11.7 Å². The van der Waals surface area contributed by atoms with Gasteiger partial charge in [-0.1, -0.05) is 64.4 Å². The van der Waals surface area contributed by atoms with E-state index in [1.807, 2.05) is 0 Å². The summed E-state index contributed by atoms with van der Waals surface area (Å²) in [7, 11) is 0. The average Bonchev–Trinajstić information content (AvgIpc) is 2.36. The predicted molar refractivity (Wildman–Crippen MR) is 106 cm³/mol. The van der Waals surface area contributed by atoms with Gasteiger partial charge in [0.05, 0.1) is 0 Å². The molecule has 0 heterocycles. The minimum Gasteiger partial charge on any atom is -0.362 e. The van der Waals surface area contributed by atoms with Crippen LogP contribution in [0.2, 0.25) is 0 Å². The molecule has 124 valence electrons. The molecule has 4 heteroatoms. The number of benzene rings is 1. The van der Waals surface area contributed by atoms with E-state index >= 15 is 0 Å². The number of anilines is 1. The van der Waals surface area contributed by atoms with E-state index in [0.717, 1.165) is 16.7 Å². The third-order valence-electron chi connectivity index (χ3n) is 3.43. The first-order chi connectivity index (χ1) is 10.0. The predicted octanol–water partition coefficient (Wildman–Crippen LogP) is 6.03. The van der Waals surface area contributed by atoms with Crippen molar-refractivity contribution in [1.29, 1.82) is 0 Å². The Morgan fingerprint density at radius 1 is 1.09 bits per heavy atom. The highest BCUT2D eigenvalue weighted by molar-refractivity contribution is 9.10. The highest BCUT2D eigenvalue weighted by Crippen LogP contribution is 2.35. The lowest BCUT2D eigenvalue weighted by Gasteiger charge is -2.24. The summed E-state index contributed by atoms with van der Waals surface area (Å²) in [6.45, 7) is 16.3.